The van der Waals surface area contributed by atoms with Crippen LogP contribution in [0.2, 0.25) is 0 Å². The van der Waals surface area contributed by atoms with E-state index in [9.17, 15) is 18.0 Å². The molecule has 106 valence electrons. The molecule has 0 radical (unpaired) electrons. The van der Waals surface area contributed by atoms with Crippen molar-refractivity contribution in [3.05, 3.63) is 52.7 Å². The van der Waals surface area contributed by atoms with Crippen LogP contribution in [0.15, 0.2) is 22.6 Å². The fourth-order valence-corrected chi connectivity index (χ4v) is 1.69. The van der Waals surface area contributed by atoms with Gasteiger partial charge in [-0.25, -0.2) is 18.0 Å². The van der Waals surface area contributed by atoms with E-state index in [1.807, 2.05) is 0 Å². The minimum atomic E-state index is -1.28. The van der Waals surface area contributed by atoms with Gasteiger partial charge in [0.15, 0.2) is 11.6 Å². The summed E-state index contributed by atoms with van der Waals surface area (Å²) in [6.07, 6.45) is 0. The topological polar surface area (TPSA) is 62.5 Å². The lowest BCUT2D eigenvalue weighted by molar-refractivity contribution is 0.0659. The van der Waals surface area contributed by atoms with Gasteiger partial charge in [-0.1, -0.05) is 0 Å². The first-order chi connectivity index (χ1) is 9.38. The molecule has 1 aromatic heterocycles. The smallest absolute Gasteiger partial charge is 0.372 e. The minimum Gasteiger partial charge on any atom is -0.475 e. The molecule has 20 heavy (non-hydrogen) atoms. The van der Waals surface area contributed by atoms with Crippen LogP contribution >= 0.6 is 0 Å². The van der Waals surface area contributed by atoms with E-state index in [1.54, 1.807) is 6.92 Å². The van der Waals surface area contributed by atoms with Crippen LogP contribution in [0, 0.1) is 24.4 Å². The molecule has 0 bridgehead atoms. The number of hydrogen-bond donors (Lipinski definition) is 2. The van der Waals surface area contributed by atoms with Crippen LogP contribution in [0.1, 0.15) is 21.9 Å². The van der Waals surface area contributed by atoms with Crippen LogP contribution < -0.4 is 5.32 Å². The van der Waals surface area contributed by atoms with Gasteiger partial charge >= 0.3 is 5.97 Å². The highest BCUT2D eigenvalue weighted by molar-refractivity contribution is 5.86. The summed E-state index contributed by atoms with van der Waals surface area (Å²) in [7, 11) is 0. The van der Waals surface area contributed by atoms with Gasteiger partial charge in [0.2, 0.25) is 5.76 Å². The summed E-state index contributed by atoms with van der Waals surface area (Å²) in [5.74, 6) is -4.61. The second kappa shape index (κ2) is 5.28. The first-order valence-electron chi connectivity index (χ1n) is 5.59. The molecule has 2 aromatic rings. The summed E-state index contributed by atoms with van der Waals surface area (Å²) in [6, 6.07) is 2.57. The molecule has 2 N–H and O–H groups in total. The molecule has 2 rings (SSSR count). The Labute approximate surface area is 111 Å². The fourth-order valence-electron chi connectivity index (χ4n) is 1.69. The molecule has 0 atom stereocenters. The molecular formula is C13H10F3NO3. The van der Waals surface area contributed by atoms with Gasteiger partial charge in [-0.05, 0) is 13.0 Å². The number of rotatable bonds is 4. The molecule has 7 heteroatoms. The van der Waals surface area contributed by atoms with Gasteiger partial charge in [-0.15, -0.1) is 0 Å². The fraction of sp³-hybridized carbons (Fsp3) is 0.154. The number of aromatic carboxylic acids is 1. The molecule has 1 heterocycles. The van der Waals surface area contributed by atoms with Crippen molar-refractivity contribution in [2.24, 2.45) is 0 Å². The summed E-state index contributed by atoms with van der Waals surface area (Å²) in [5.41, 5.74) is 0.176. The lowest BCUT2D eigenvalue weighted by atomic mass is 10.2. The van der Waals surface area contributed by atoms with Crippen LogP contribution in [-0.2, 0) is 6.54 Å². The zero-order valence-corrected chi connectivity index (χ0v) is 10.3. The molecule has 0 fully saturated rings. The van der Waals surface area contributed by atoms with Crippen molar-refractivity contribution in [3.8, 4) is 0 Å². The van der Waals surface area contributed by atoms with Gasteiger partial charge in [0.1, 0.15) is 11.6 Å². The van der Waals surface area contributed by atoms with E-state index in [4.69, 9.17) is 9.52 Å². The number of nitrogens with one attached hydrogen (secondary N) is 1. The van der Waals surface area contributed by atoms with Crippen molar-refractivity contribution in [1.82, 2.24) is 0 Å². The van der Waals surface area contributed by atoms with E-state index in [-0.39, 0.29) is 23.8 Å². The third-order valence-corrected chi connectivity index (χ3v) is 2.63. The number of halogens is 3. The summed E-state index contributed by atoms with van der Waals surface area (Å²) < 4.78 is 44.1. The zero-order valence-electron chi connectivity index (χ0n) is 10.3. The van der Waals surface area contributed by atoms with Crippen LogP contribution in [0.4, 0.5) is 18.9 Å². The van der Waals surface area contributed by atoms with Crippen molar-refractivity contribution in [2.75, 3.05) is 5.32 Å². The summed E-state index contributed by atoms with van der Waals surface area (Å²) in [6.45, 7) is 1.49. The minimum absolute atomic E-state index is 0.0594. The molecule has 0 saturated heterocycles. The Hall–Kier alpha value is -2.44. The lowest BCUT2D eigenvalue weighted by Crippen LogP contribution is -2.02. The monoisotopic (exact) mass is 285 g/mol. The first kappa shape index (κ1) is 14.0. The predicted octanol–water partition coefficient (Wildman–Crippen LogP) is 3.32. The number of hydrogen-bond acceptors (Lipinski definition) is 3. The van der Waals surface area contributed by atoms with Gasteiger partial charge < -0.3 is 14.8 Å². The quantitative estimate of drug-likeness (QED) is 0.846. The molecule has 0 aliphatic heterocycles. The number of carboxylic acid groups (broad SMARTS) is 1. The number of carboxylic acids is 1. The van der Waals surface area contributed by atoms with E-state index in [1.165, 1.54) is 6.07 Å². The Morgan fingerprint density at radius 1 is 1.20 bits per heavy atom. The van der Waals surface area contributed by atoms with E-state index in [0.29, 0.717) is 17.7 Å². The highest BCUT2D eigenvalue weighted by Gasteiger charge is 2.15. The summed E-state index contributed by atoms with van der Waals surface area (Å²) in [5, 5.41) is 11.3. The number of furan rings is 1. The van der Waals surface area contributed by atoms with E-state index in [2.05, 4.69) is 5.32 Å². The summed E-state index contributed by atoms with van der Waals surface area (Å²) >= 11 is 0. The third-order valence-electron chi connectivity index (χ3n) is 2.63. The predicted molar refractivity (Wildman–Crippen MR) is 64.0 cm³/mol. The standard InChI is InChI=1S/C13H10F3NO3/c1-6-2-7(20-12(6)13(18)19)5-17-11-4-9(15)8(14)3-10(11)16/h2-4,17H,5H2,1H3,(H,18,19). The highest BCUT2D eigenvalue weighted by atomic mass is 19.2. The number of carbonyl (C=O) groups is 1. The van der Waals surface area contributed by atoms with Crippen LogP contribution in [-0.4, -0.2) is 11.1 Å². The van der Waals surface area contributed by atoms with Gasteiger partial charge in [0, 0.05) is 17.7 Å². The molecule has 0 saturated carbocycles. The summed E-state index contributed by atoms with van der Waals surface area (Å²) in [4.78, 5) is 10.8. The SMILES string of the molecule is Cc1cc(CNc2cc(F)c(F)cc2F)oc1C(=O)O. The molecule has 0 aliphatic rings. The Morgan fingerprint density at radius 2 is 1.85 bits per heavy atom. The van der Waals surface area contributed by atoms with Crippen molar-refractivity contribution < 1.29 is 27.5 Å². The van der Waals surface area contributed by atoms with Crippen molar-refractivity contribution in [3.63, 3.8) is 0 Å². The molecule has 0 aliphatic carbocycles. The van der Waals surface area contributed by atoms with E-state index < -0.39 is 23.4 Å². The molecule has 0 unspecified atom stereocenters. The maximum Gasteiger partial charge on any atom is 0.372 e. The van der Waals surface area contributed by atoms with Gasteiger partial charge in [0.25, 0.3) is 0 Å². The van der Waals surface area contributed by atoms with Crippen LogP contribution in [0.3, 0.4) is 0 Å². The maximum atomic E-state index is 13.4. The molecule has 1 aromatic carbocycles. The first-order valence-corrected chi connectivity index (χ1v) is 5.59. The third kappa shape index (κ3) is 2.76. The zero-order chi connectivity index (χ0) is 14.9. The Balaban J connectivity index is 2.15. The number of aryl methyl sites for hydroxylation is 1. The van der Waals surface area contributed by atoms with Gasteiger partial charge in [-0.3, -0.25) is 0 Å². The van der Waals surface area contributed by atoms with E-state index >= 15 is 0 Å². The van der Waals surface area contributed by atoms with Crippen LogP contribution in [0.25, 0.3) is 0 Å². The average molecular weight is 285 g/mol. The van der Waals surface area contributed by atoms with Crippen molar-refractivity contribution in [2.45, 2.75) is 13.5 Å². The second-order valence-electron chi connectivity index (χ2n) is 4.13. The number of benzene rings is 1. The van der Waals surface area contributed by atoms with Crippen LogP contribution in [0.5, 0.6) is 0 Å². The van der Waals surface area contributed by atoms with Crippen molar-refractivity contribution >= 4 is 11.7 Å². The highest BCUT2D eigenvalue weighted by Crippen LogP contribution is 2.20. The Kier molecular flexibility index (Phi) is 3.69. The van der Waals surface area contributed by atoms with Gasteiger partial charge in [-0.2, -0.15) is 0 Å². The molecule has 0 spiro atoms. The maximum absolute atomic E-state index is 13.4. The van der Waals surface area contributed by atoms with Gasteiger partial charge in [0.05, 0.1) is 12.2 Å². The number of anilines is 1. The second-order valence-corrected chi connectivity index (χ2v) is 4.13. The molecular weight excluding hydrogens is 275 g/mol. The largest absolute Gasteiger partial charge is 0.475 e. The van der Waals surface area contributed by atoms with Crippen molar-refractivity contribution in [1.29, 1.82) is 0 Å². The average Bonchev–Trinajstić information content (AvgIpc) is 2.74. The normalized spacial score (nSPS) is 10.6. The Bertz CT molecular complexity index is 667. The Morgan fingerprint density at radius 3 is 2.45 bits per heavy atom. The lowest BCUT2D eigenvalue weighted by Gasteiger charge is -2.06. The molecule has 0 amide bonds. The van der Waals surface area contributed by atoms with E-state index in [0.717, 1.165) is 0 Å². The molecule has 4 nitrogen and oxygen atoms in total.